The van der Waals surface area contributed by atoms with E-state index in [9.17, 15) is 4.79 Å². The van der Waals surface area contributed by atoms with Crippen molar-refractivity contribution in [2.75, 3.05) is 46.1 Å². The minimum atomic E-state index is 0.0245. The Balaban J connectivity index is 1.54. The minimum absolute atomic E-state index is 0.0245. The molecule has 0 bridgehead atoms. The van der Waals surface area contributed by atoms with Gasteiger partial charge < -0.3 is 25.4 Å². The first-order chi connectivity index (χ1) is 13.8. The van der Waals surface area contributed by atoms with Gasteiger partial charge in [0.05, 0.1) is 13.2 Å². The molecular formula is C21H34N4O3. The molecule has 1 aromatic rings. The first-order valence-corrected chi connectivity index (χ1v) is 10.3. The molecule has 1 saturated heterocycles. The molecule has 156 valence electrons. The first kappa shape index (κ1) is 22.2. The van der Waals surface area contributed by atoms with Crippen molar-refractivity contribution >= 4 is 11.9 Å². The summed E-state index contributed by atoms with van der Waals surface area (Å²) in [5.74, 6) is 1.31. The maximum atomic E-state index is 12.0. The van der Waals surface area contributed by atoms with Gasteiger partial charge in [-0.2, -0.15) is 0 Å². The van der Waals surface area contributed by atoms with Crippen LogP contribution in [0.15, 0.2) is 35.3 Å². The Morgan fingerprint density at radius 2 is 2.11 bits per heavy atom. The lowest BCUT2D eigenvalue weighted by atomic mass is 10.1. The van der Waals surface area contributed by atoms with E-state index in [4.69, 9.17) is 9.47 Å². The lowest BCUT2D eigenvalue weighted by molar-refractivity contribution is -0.121. The summed E-state index contributed by atoms with van der Waals surface area (Å²) in [4.78, 5) is 16.5. The van der Waals surface area contributed by atoms with E-state index >= 15 is 0 Å². The van der Waals surface area contributed by atoms with Crippen LogP contribution in [0.5, 0.6) is 0 Å². The van der Waals surface area contributed by atoms with Crippen LogP contribution < -0.4 is 16.0 Å². The molecule has 1 aromatic carbocycles. The van der Waals surface area contributed by atoms with E-state index < -0.39 is 0 Å². The SMILES string of the molecule is CCNC(=NCCCOCC1CCOC1)NCCC(=O)NCc1ccccc1. The highest BCUT2D eigenvalue weighted by atomic mass is 16.5. The maximum Gasteiger partial charge on any atom is 0.222 e. The predicted octanol–water partition coefficient (Wildman–Crippen LogP) is 1.69. The highest BCUT2D eigenvalue weighted by Gasteiger charge is 2.15. The Morgan fingerprint density at radius 3 is 2.86 bits per heavy atom. The zero-order valence-electron chi connectivity index (χ0n) is 16.9. The molecular weight excluding hydrogens is 356 g/mol. The van der Waals surface area contributed by atoms with Crippen LogP contribution in [-0.4, -0.2) is 57.9 Å². The molecule has 1 heterocycles. The lowest BCUT2D eigenvalue weighted by Crippen LogP contribution is -2.39. The molecule has 0 saturated carbocycles. The van der Waals surface area contributed by atoms with Crippen molar-refractivity contribution in [3.8, 4) is 0 Å². The van der Waals surface area contributed by atoms with Crippen molar-refractivity contribution in [2.24, 2.45) is 10.9 Å². The van der Waals surface area contributed by atoms with Crippen LogP contribution in [0, 0.1) is 5.92 Å². The third kappa shape index (κ3) is 9.71. The van der Waals surface area contributed by atoms with Crippen LogP contribution in [0.2, 0.25) is 0 Å². The van der Waals surface area contributed by atoms with Gasteiger partial charge in [-0.1, -0.05) is 30.3 Å². The van der Waals surface area contributed by atoms with Gasteiger partial charge in [0.15, 0.2) is 5.96 Å². The van der Waals surface area contributed by atoms with Gasteiger partial charge in [0.2, 0.25) is 5.91 Å². The Hall–Kier alpha value is -2.12. The number of ether oxygens (including phenoxy) is 2. The number of rotatable bonds is 12. The molecule has 1 unspecified atom stereocenters. The van der Waals surface area contributed by atoms with Gasteiger partial charge in [-0.05, 0) is 25.3 Å². The van der Waals surface area contributed by atoms with Gasteiger partial charge in [0.25, 0.3) is 0 Å². The second-order valence-electron chi connectivity index (χ2n) is 6.86. The third-order valence-electron chi connectivity index (χ3n) is 4.42. The highest BCUT2D eigenvalue weighted by molar-refractivity contribution is 5.81. The molecule has 7 heteroatoms. The number of benzene rings is 1. The monoisotopic (exact) mass is 390 g/mol. The molecule has 28 heavy (non-hydrogen) atoms. The molecule has 1 fully saturated rings. The van der Waals surface area contributed by atoms with Gasteiger partial charge in [0, 0.05) is 51.7 Å². The van der Waals surface area contributed by atoms with Gasteiger partial charge in [0.1, 0.15) is 0 Å². The Kier molecular flexibility index (Phi) is 11.1. The molecule has 7 nitrogen and oxygen atoms in total. The van der Waals surface area contributed by atoms with Crippen LogP contribution >= 0.6 is 0 Å². The third-order valence-corrected chi connectivity index (χ3v) is 4.42. The Labute approximate surface area is 168 Å². The van der Waals surface area contributed by atoms with Gasteiger partial charge in [-0.3, -0.25) is 9.79 Å². The molecule has 3 N–H and O–H groups in total. The van der Waals surface area contributed by atoms with Crippen LogP contribution in [0.1, 0.15) is 31.7 Å². The van der Waals surface area contributed by atoms with Crippen molar-refractivity contribution in [3.63, 3.8) is 0 Å². The van der Waals surface area contributed by atoms with Crippen molar-refractivity contribution in [1.82, 2.24) is 16.0 Å². The number of guanidine groups is 1. The second-order valence-corrected chi connectivity index (χ2v) is 6.86. The maximum absolute atomic E-state index is 12.0. The molecule has 1 amide bonds. The fourth-order valence-electron chi connectivity index (χ4n) is 2.84. The van der Waals surface area contributed by atoms with Gasteiger partial charge >= 0.3 is 0 Å². The van der Waals surface area contributed by atoms with Crippen LogP contribution in [0.4, 0.5) is 0 Å². The van der Waals surface area contributed by atoms with E-state index in [1.54, 1.807) is 0 Å². The number of nitrogens with one attached hydrogen (secondary N) is 3. The summed E-state index contributed by atoms with van der Waals surface area (Å²) in [7, 11) is 0. The topological polar surface area (TPSA) is 84.0 Å². The van der Waals surface area contributed by atoms with E-state index in [-0.39, 0.29) is 5.91 Å². The Morgan fingerprint density at radius 1 is 1.25 bits per heavy atom. The number of carbonyl (C=O) groups is 1. The molecule has 1 aliphatic rings. The van der Waals surface area contributed by atoms with Crippen LogP contribution in [-0.2, 0) is 20.8 Å². The summed E-state index contributed by atoms with van der Waals surface area (Å²) in [5, 5.41) is 9.34. The molecule has 0 aromatic heterocycles. The minimum Gasteiger partial charge on any atom is -0.381 e. The first-order valence-electron chi connectivity index (χ1n) is 10.3. The fraction of sp³-hybridized carbons (Fsp3) is 0.619. The number of hydrogen-bond donors (Lipinski definition) is 3. The van der Waals surface area contributed by atoms with Crippen LogP contribution in [0.3, 0.4) is 0 Å². The normalized spacial score (nSPS) is 16.8. The zero-order chi connectivity index (χ0) is 19.9. The summed E-state index contributed by atoms with van der Waals surface area (Å²) < 4.78 is 11.0. The molecule has 0 spiro atoms. The van der Waals surface area contributed by atoms with Crippen molar-refractivity contribution in [2.45, 2.75) is 32.7 Å². The number of nitrogens with zero attached hydrogens (tertiary/aromatic N) is 1. The molecule has 0 radical (unpaired) electrons. The van der Waals surface area contributed by atoms with Crippen LogP contribution in [0.25, 0.3) is 0 Å². The van der Waals surface area contributed by atoms with Crippen molar-refractivity contribution < 1.29 is 14.3 Å². The highest BCUT2D eigenvalue weighted by Crippen LogP contribution is 2.12. The average molecular weight is 391 g/mol. The fourth-order valence-corrected chi connectivity index (χ4v) is 2.84. The number of carbonyl (C=O) groups excluding carboxylic acids is 1. The average Bonchev–Trinajstić information content (AvgIpc) is 3.23. The van der Waals surface area contributed by atoms with Crippen molar-refractivity contribution in [1.29, 1.82) is 0 Å². The van der Waals surface area contributed by atoms with Gasteiger partial charge in [-0.25, -0.2) is 0 Å². The van der Waals surface area contributed by atoms with Gasteiger partial charge in [-0.15, -0.1) is 0 Å². The zero-order valence-corrected chi connectivity index (χ0v) is 16.9. The van der Waals surface area contributed by atoms with E-state index in [1.165, 1.54) is 0 Å². The standard InChI is InChI=1S/C21H34N4O3/c1-2-22-21(23-11-6-13-27-16-19-10-14-28-17-19)24-12-9-20(26)25-15-18-7-4-3-5-8-18/h3-5,7-8,19H,2,6,9-17H2,1H3,(H,25,26)(H2,22,23,24). The van der Waals surface area contributed by atoms with E-state index in [1.807, 2.05) is 37.3 Å². The summed E-state index contributed by atoms with van der Waals surface area (Å²) in [5.41, 5.74) is 1.10. The van der Waals surface area contributed by atoms with E-state index in [0.29, 0.717) is 38.6 Å². The summed E-state index contributed by atoms with van der Waals surface area (Å²) in [6.07, 6.45) is 2.39. The largest absolute Gasteiger partial charge is 0.381 e. The lowest BCUT2D eigenvalue weighted by Gasteiger charge is -2.12. The van der Waals surface area contributed by atoms with E-state index in [0.717, 1.165) is 50.7 Å². The predicted molar refractivity (Wildman–Crippen MR) is 111 cm³/mol. The number of aliphatic imine (C=N–C) groups is 1. The van der Waals surface area contributed by atoms with E-state index in [2.05, 4.69) is 20.9 Å². The second kappa shape index (κ2) is 14.0. The number of amides is 1. The summed E-state index contributed by atoms with van der Waals surface area (Å²) in [6, 6.07) is 9.90. The summed E-state index contributed by atoms with van der Waals surface area (Å²) in [6.45, 7) is 7.77. The summed E-state index contributed by atoms with van der Waals surface area (Å²) >= 11 is 0. The molecule has 2 rings (SSSR count). The Bertz CT molecular complexity index is 574. The van der Waals surface area contributed by atoms with Crippen molar-refractivity contribution in [3.05, 3.63) is 35.9 Å². The molecule has 1 atom stereocenters. The number of hydrogen-bond acceptors (Lipinski definition) is 4. The molecule has 0 aliphatic carbocycles. The smallest absolute Gasteiger partial charge is 0.222 e. The molecule has 1 aliphatic heterocycles. The quantitative estimate of drug-likeness (QED) is 0.287.